The van der Waals surface area contributed by atoms with Crippen LogP contribution in [0.25, 0.3) is 10.4 Å². The summed E-state index contributed by atoms with van der Waals surface area (Å²) in [6.45, 7) is 2.50. The number of hydrogen-bond donors (Lipinski definition) is 0. The SMILES string of the molecule is CCCC#CC#CCCN=[N+]=[N-]. The van der Waals surface area contributed by atoms with Crippen molar-refractivity contribution in [1.29, 1.82) is 0 Å². The van der Waals surface area contributed by atoms with E-state index in [4.69, 9.17) is 5.53 Å². The van der Waals surface area contributed by atoms with Gasteiger partial charge >= 0.3 is 0 Å². The van der Waals surface area contributed by atoms with E-state index in [1.807, 2.05) is 0 Å². The first kappa shape index (κ1) is 10.4. The molecule has 62 valence electrons. The lowest BCUT2D eigenvalue weighted by atomic mass is 10.3. The molecule has 3 nitrogen and oxygen atoms in total. The van der Waals surface area contributed by atoms with Crippen molar-refractivity contribution >= 4 is 0 Å². The van der Waals surface area contributed by atoms with Crippen molar-refractivity contribution in [3.05, 3.63) is 10.4 Å². The zero-order valence-electron chi connectivity index (χ0n) is 7.17. The maximum absolute atomic E-state index is 7.92. The van der Waals surface area contributed by atoms with Crippen molar-refractivity contribution in [2.24, 2.45) is 5.11 Å². The maximum atomic E-state index is 7.92. The molecule has 3 heteroatoms. The van der Waals surface area contributed by atoms with Gasteiger partial charge in [0.1, 0.15) is 0 Å². The molecular weight excluding hydrogens is 150 g/mol. The van der Waals surface area contributed by atoms with E-state index in [9.17, 15) is 0 Å². The van der Waals surface area contributed by atoms with Gasteiger partial charge in [-0.1, -0.05) is 23.9 Å². The van der Waals surface area contributed by atoms with Gasteiger partial charge in [0, 0.05) is 24.3 Å². The summed E-state index contributed by atoms with van der Waals surface area (Å²) in [5.74, 6) is 11.1. The molecule has 0 radical (unpaired) electrons. The normalized spacial score (nSPS) is 6.75. The van der Waals surface area contributed by atoms with Gasteiger partial charge in [-0.3, -0.25) is 0 Å². The number of nitrogens with zero attached hydrogens (tertiary/aromatic N) is 3. The van der Waals surface area contributed by atoms with Crippen molar-refractivity contribution in [3.63, 3.8) is 0 Å². The number of rotatable bonds is 3. The molecule has 0 unspecified atom stereocenters. The van der Waals surface area contributed by atoms with Crippen LogP contribution in [0.5, 0.6) is 0 Å². The predicted octanol–water partition coefficient (Wildman–Crippen LogP) is 2.49. The molecule has 0 aliphatic heterocycles. The number of hydrogen-bond acceptors (Lipinski definition) is 1. The Kier molecular flexibility index (Phi) is 8.20. The molecule has 0 N–H and O–H groups in total. The summed E-state index contributed by atoms with van der Waals surface area (Å²) < 4.78 is 0. The Labute approximate surface area is 72.8 Å². The van der Waals surface area contributed by atoms with Crippen molar-refractivity contribution in [3.8, 4) is 23.7 Å². The van der Waals surface area contributed by atoms with Gasteiger partial charge in [0.15, 0.2) is 0 Å². The first-order valence-corrected chi connectivity index (χ1v) is 3.88. The van der Waals surface area contributed by atoms with Gasteiger partial charge in [-0.2, -0.15) is 0 Å². The molecule has 0 saturated carbocycles. The van der Waals surface area contributed by atoms with E-state index < -0.39 is 0 Å². The van der Waals surface area contributed by atoms with Gasteiger partial charge in [0.2, 0.25) is 0 Å². The van der Waals surface area contributed by atoms with Crippen LogP contribution in [0.4, 0.5) is 0 Å². The van der Waals surface area contributed by atoms with E-state index in [2.05, 4.69) is 40.6 Å². The molecule has 0 saturated heterocycles. The molecular formula is C9H11N3. The molecule has 0 rings (SSSR count). The minimum absolute atomic E-state index is 0.430. The quantitative estimate of drug-likeness (QED) is 0.201. The van der Waals surface area contributed by atoms with Crippen LogP contribution >= 0.6 is 0 Å². The Morgan fingerprint density at radius 3 is 2.50 bits per heavy atom. The summed E-state index contributed by atoms with van der Waals surface area (Å²) in [6, 6.07) is 0. The smallest absolute Gasteiger partial charge is 0.0367 e. The van der Waals surface area contributed by atoms with E-state index in [0.29, 0.717) is 13.0 Å². The Morgan fingerprint density at radius 2 is 1.92 bits per heavy atom. The average molecular weight is 161 g/mol. The zero-order valence-corrected chi connectivity index (χ0v) is 7.17. The highest BCUT2D eigenvalue weighted by molar-refractivity contribution is 5.25. The summed E-state index contributed by atoms with van der Waals surface area (Å²) in [7, 11) is 0. The van der Waals surface area contributed by atoms with Crippen molar-refractivity contribution < 1.29 is 0 Å². The molecule has 0 heterocycles. The van der Waals surface area contributed by atoms with Gasteiger partial charge in [-0.25, -0.2) is 0 Å². The molecule has 0 bridgehead atoms. The molecule has 0 spiro atoms. The first-order chi connectivity index (χ1) is 5.91. The highest BCUT2D eigenvalue weighted by Crippen LogP contribution is 1.80. The molecule has 12 heavy (non-hydrogen) atoms. The van der Waals surface area contributed by atoms with Gasteiger partial charge in [-0.15, -0.1) is 0 Å². The third-order valence-corrected chi connectivity index (χ3v) is 1.01. The number of azide groups is 1. The molecule has 0 aliphatic rings. The topological polar surface area (TPSA) is 48.8 Å². The summed E-state index contributed by atoms with van der Waals surface area (Å²) in [5.41, 5.74) is 7.92. The monoisotopic (exact) mass is 161 g/mol. The number of unbranched alkanes of at least 4 members (excludes halogenated alkanes) is 1. The third kappa shape index (κ3) is 8.43. The van der Waals surface area contributed by atoms with Crippen LogP contribution < -0.4 is 0 Å². The third-order valence-electron chi connectivity index (χ3n) is 1.01. The Bertz CT molecular complexity index is 266. The highest BCUT2D eigenvalue weighted by atomic mass is 15.1. The average Bonchev–Trinajstić information content (AvgIpc) is 2.10. The molecule has 0 aromatic heterocycles. The largest absolute Gasteiger partial charge is 0.0930 e. The Morgan fingerprint density at radius 1 is 1.25 bits per heavy atom. The van der Waals surface area contributed by atoms with Crippen LogP contribution in [-0.2, 0) is 0 Å². The molecule has 0 aromatic rings. The van der Waals surface area contributed by atoms with Crippen LogP contribution in [0.1, 0.15) is 26.2 Å². The fourth-order valence-corrected chi connectivity index (χ4v) is 0.489. The lowest BCUT2D eigenvalue weighted by Crippen LogP contribution is -1.71. The van der Waals surface area contributed by atoms with Crippen molar-refractivity contribution in [2.45, 2.75) is 26.2 Å². The van der Waals surface area contributed by atoms with Gasteiger partial charge < -0.3 is 0 Å². The van der Waals surface area contributed by atoms with Crippen molar-refractivity contribution in [1.82, 2.24) is 0 Å². The van der Waals surface area contributed by atoms with Crippen LogP contribution in [0.3, 0.4) is 0 Å². The fourth-order valence-electron chi connectivity index (χ4n) is 0.489. The zero-order chi connectivity index (χ0) is 9.07. The highest BCUT2D eigenvalue weighted by Gasteiger charge is 1.72. The Balaban J connectivity index is 3.48. The van der Waals surface area contributed by atoms with E-state index in [-0.39, 0.29) is 0 Å². The lowest BCUT2D eigenvalue weighted by Gasteiger charge is -1.75. The second kappa shape index (κ2) is 9.43. The van der Waals surface area contributed by atoms with Crippen LogP contribution in [-0.4, -0.2) is 6.54 Å². The minimum atomic E-state index is 0.430. The molecule has 0 amide bonds. The molecule has 0 fully saturated rings. The summed E-state index contributed by atoms with van der Waals surface area (Å²) in [4.78, 5) is 2.60. The second-order valence-electron chi connectivity index (χ2n) is 2.06. The van der Waals surface area contributed by atoms with Crippen molar-refractivity contribution in [2.75, 3.05) is 6.54 Å². The van der Waals surface area contributed by atoms with Crippen LogP contribution in [0, 0.1) is 23.7 Å². The maximum Gasteiger partial charge on any atom is 0.0367 e. The molecule has 0 aliphatic carbocycles. The summed E-state index contributed by atoms with van der Waals surface area (Å²) in [5, 5.41) is 3.34. The predicted molar refractivity (Wildman–Crippen MR) is 49.1 cm³/mol. The van der Waals surface area contributed by atoms with Gasteiger partial charge in [-0.05, 0) is 23.8 Å². The van der Waals surface area contributed by atoms with E-state index in [1.54, 1.807) is 0 Å². The van der Waals surface area contributed by atoms with Crippen LogP contribution in [0.2, 0.25) is 0 Å². The van der Waals surface area contributed by atoms with E-state index in [0.717, 1.165) is 12.8 Å². The second-order valence-corrected chi connectivity index (χ2v) is 2.06. The molecule has 0 atom stereocenters. The molecule has 0 aromatic carbocycles. The van der Waals surface area contributed by atoms with E-state index in [1.165, 1.54) is 0 Å². The first-order valence-electron chi connectivity index (χ1n) is 3.88. The Hall–Kier alpha value is -1.57. The summed E-state index contributed by atoms with van der Waals surface area (Å²) in [6.07, 6.45) is 2.54. The van der Waals surface area contributed by atoms with E-state index >= 15 is 0 Å². The lowest BCUT2D eigenvalue weighted by molar-refractivity contribution is 0.983. The summed E-state index contributed by atoms with van der Waals surface area (Å²) >= 11 is 0. The van der Waals surface area contributed by atoms with Gasteiger partial charge in [0.05, 0.1) is 0 Å². The minimum Gasteiger partial charge on any atom is -0.0930 e. The van der Waals surface area contributed by atoms with Gasteiger partial charge in [0.25, 0.3) is 0 Å². The fraction of sp³-hybridized carbons (Fsp3) is 0.556. The van der Waals surface area contributed by atoms with Crippen LogP contribution in [0.15, 0.2) is 5.11 Å². The standard InChI is InChI=1S/C9H11N3/c1-2-3-4-5-6-7-8-9-11-12-10/h2-3,8-9H2,1H3.